The summed E-state index contributed by atoms with van der Waals surface area (Å²) in [6.45, 7) is 3.53. The van der Waals surface area contributed by atoms with E-state index >= 15 is 0 Å². The summed E-state index contributed by atoms with van der Waals surface area (Å²) in [7, 11) is 0. The molecule has 8 nitrogen and oxygen atoms in total. The van der Waals surface area contributed by atoms with Crippen molar-refractivity contribution in [1.29, 1.82) is 0 Å². The number of rotatable bonds is 4. The van der Waals surface area contributed by atoms with E-state index in [2.05, 4.69) is 15.5 Å². The van der Waals surface area contributed by atoms with Crippen molar-refractivity contribution in [3.8, 4) is 11.4 Å². The van der Waals surface area contributed by atoms with Gasteiger partial charge in [0.25, 0.3) is 5.91 Å². The van der Waals surface area contributed by atoms with E-state index in [0.29, 0.717) is 31.4 Å². The molecule has 0 saturated carbocycles. The predicted molar refractivity (Wildman–Crippen MR) is 102 cm³/mol. The van der Waals surface area contributed by atoms with E-state index < -0.39 is 0 Å². The summed E-state index contributed by atoms with van der Waals surface area (Å²) in [6, 6.07) is 7.31. The molecule has 0 radical (unpaired) electrons. The lowest BCUT2D eigenvalue weighted by Crippen LogP contribution is -2.43. The number of likely N-dealkylation sites (tertiary alicyclic amines) is 1. The number of ether oxygens (including phenoxy) is 1. The van der Waals surface area contributed by atoms with Crippen LogP contribution in [0.1, 0.15) is 44.4 Å². The number of hydrogen-bond donors (Lipinski definition) is 1. The van der Waals surface area contributed by atoms with Crippen LogP contribution in [0.4, 0.5) is 5.69 Å². The minimum Gasteiger partial charge on any atom is -0.368 e. The Hall–Kier alpha value is -2.74. The van der Waals surface area contributed by atoms with Crippen LogP contribution in [-0.4, -0.2) is 52.7 Å². The molecule has 1 aromatic heterocycles. The number of benzene rings is 1. The molecule has 2 aromatic rings. The predicted octanol–water partition coefficient (Wildman–Crippen LogP) is 2.58. The van der Waals surface area contributed by atoms with E-state index in [9.17, 15) is 9.59 Å². The topological polar surface area (TPSA) is 97.6 Å². The van der Waals surface area contributed by atoms with Gasteiger partial charge in [-0.05, 0) is 49.9 Å². The standard InChI is InChI=1S/C20H24N4O4/c1-13(25)21-16-6-4-14(5-7-16)18-22-19(28-23-18)15-8-10-24(11-9-15)20(26)17-3-2-12-27-17/h4-7,15,17H,2-3,8-12H2,1H3,(H,21,25). The van der Waals surface area contributed by atoms with Crippen molar-refractivity contribution in [2.75, 3.05) is 25.0 Å². The zero-order chi connectivity index (χ0) is 19.5. The second-order valence-electron chi connectivity index (χ2n) is 7.32. The van der Waals surface area contributed by atoms with Crippen LogP contribution in [-0.2, 0) is 14.3 Å². The molecule has 1 N–H and O–H groups in total. The second kappa shape index (κ2) is 8.10. The van der Waals surface area contributed by atoms with Gasteiger partial charge in [0.1, 0.15) is 6.10 Å². The highest BCUT2D eigenvalue weighted by Crippen LogP contribution is 2.29. The van der Waals surface area contributed by atoms with Gasteiger partial charge in [-0.2, -0.15) is 4.98 Å². The molecule has 2 aliphatic heterocycles. The summed E-state index contributed by atoms with van der Waals surface area (Å²) in [5, 5.41) is 6.82. The number of amides is 2. The molecule has 148 valence electrons. The van der Waals surface area contributed by atoms with Gasteiger partial charge in [-0.25, -0.2) is 0 Å². The van der Waals surface area contributed by atoms with E-state index in [1.165, 1.54) is 6.92 Å². The van der Waals surface area contributed by atoms with Crippen LogP contribution in [0.25, 0.3) is 11.4 Å². The summed E-state index contributed by atoms with van der Waals surface area (Å²) in [5.74, 6) is 1.31. The van der Waals surface area contributed by atoms with Crippen LogP contribution >= 0.6 is 0 Å². The van der Waals surface area contributed by atoms with E-state index in [4.69, 9.17) is 9.26 Å². The molecule has 4 rings (SSSR count). The van der Waals surface area contributed by atoms with Gasteiger partial charge >= 0.3 is 0 Å². The lowest BCUT2D eigenvalue weighted by Gasteiger charge is -2.31. The minimum atomic E-state index is -0.257. The normalized spacial score (nSPS) is 20.3. The number of nitrogens with one attached hydrogen (secondary N) is 1. The fraction of sp³-hybridized carbons (Fsp3) is 0.500. The van der Waals surface area contributed by atoms with Crippen molar-refractivity contribution < 1.29 is 18.8 Å². The van der Waals surface area contributed by atoms with Crippen LogP contribution in [0, 0.1) is 0 Å². The molecule has 0 bridgehead atoms. The zero-order valence-electron chi connectivity index (χ0n) is 15.9. The van der Waals surface area contributed by atoms with Gasteiger partial charge in [-0.1, -0.05) is 5.16 Å². The van der Waals surface area contributed by atoms with Crippen LogP contribution in [0.15, 0.2) is 28.8 Å². The first kappa shape index (κ1) is 18.6. The van der Waals surface area contributed by atoms with Crippen LogP contribution < -0.4 is 5.32 Å². The van der Waals surface area contributed by atoms with Crippen molar-refractivity contribution >= 4 is 17.5 Å². The third-order valence-corrected chi connectivity index (χ3v) is 5.27. The highest BCUT2D eigenvalue weighted by Gasteiger charge is 2.32. The largest absolute Gasteiger partial charge is 0.368 e. The number of hydrogen-bond acceptors (Lipinski definition) is 6. The van der Waals surface area contributed by atoms with Crippen molar-refractivity contribution in [1.82, 2.24) is 15.0 Å². The zero-order valence-corrected chi connectivity index (χ0v) is 15.9. The van der Waals surface area contributed by atoms with Gasteiger partial charge in [-0.3, -0.25) is 9.59 Å². The van der Waals surface area contributed by atoms with Gasteiger partial charge in [-0.15, -0.1) is 0 Å². The van der Waals surface area contributed by atoms with Crippen molar-refractivity contribution in [3.05, 3.63) is 30.2 Å². The molecule has 1 atom stereocenters. The van der Waals surface area contributed by atoms with Gasteiger partial charge in [0.2, 0.25) is 17.6 Å². The van der Waals surface area contributed by atoms with E-state index in [1.54, 1.807) is 0 Å². The Morgan fingerprint density at radius 3 is 2.54 bits per heavy atom. The minimum absolute atomic E-state index is 0.112. The summed E-state index contributed by atoms with van der Waals surface area (Å²) >= 11 is 0. The number of piperidine rings is 1. The summed E-state index contributed by atoms with van der Waals surface area (Å²) in [5.41, 5.74) is 1.55. The Morgan fingerprint density at radius 2 is 1.89 bits per heavy atom. The molecule has 2 aliphatic rings. The second-order valence-corrected chi connectivity index (χ2v) is 7.32. The Bertz CT molecular complexity index is 834. The van der Waals surface area contributed by atoms with E-state index in [1.807, 2.05) is 29.2 Å². The molecule has 28 heavy (non-hydrogen) atoms. The van der Waals surface area contributed by atoms with Gasteiger partial charge in [0.15, 0.2) is 0 Å². The first-order chi connectivity index (χ1) is 13.6. The number of aromatic nitrogens is 2. The average Bonchev–Trinajstić information content (AvgIpc) is 3.40. The van der Waals surface area contributed by atoms with E-state index in [0.717, 1.165) is 36.9 Å². The van der Waals surface area contributed by atoms with Gasteiger partial charge < -0.3 is 19.5 Å². The fourth-order valence-corrected chi connectivity index (χ4v) is 3.75. The molecule has 1 unspecified atom stereocenters. The molecule has 2 amide bonds. The summed E-state index contributed by atoms with van der Waals surface area (Å²) in [4.78, 5) is 30.0. The molecule has 0 spiro atoms. The third kappa shape index (κ3) is 4.06. The van der Waals surface area contributed by atoms with Crippen molar-refractivity contribution in [2.24, 2.45) is 0 Å². The van der Waals surface area contributed by atoms with Crippen LogP contribution in [0.2, 0.25) is 0 Å². The maximum atomic E-state index is 12.5. The molecule has 2 fully saturated rings. The number of carbonyl (C=O) groups excluding carboxylic acids is 2. The molecule has 8 heteroatoms. The number of carbonyl (C=O) groups is 2. The summed E-state index contributed by atoms with van der Waals surface area (Å²) in [6.07, 6.45) is 3.14. The first-order valence-electron chi connectivity index (χ1n) is 9.72. The summed E-state index contributed by atoms with van der Waals surface area (Å²) < 4.78 is 11.0. The molecule has 0 aliphatic carbocycles. The van der Waals surface area contributed by atoms with E-state index in [-0.39, 0.29) is 23.8 Å². The lowest BCUT2D eigenvalue weighted by atomic mass is 9.96. The highest BCUT2D eigenvalue weighted by molar-refractivity contribution is 5.88. The number of nitrogens with zero attached hydrogens (tertiary/aromatic N) is 3. The maximum absolute atomic E-state index is 12.5. The first-order valence-corrected chi connectivity index (χ1v) is 9.72. The van der Waals surface area contributed by atoms with Crippen molar-refractivity contribution in [2.45, 2.75) is 44.6 Å². The smallest absolute Gasteiger partial charge is 0.251 e. The SMILES string of the molecule is CC(=O)Nc1ccc(-c2noc(C3CCN(C(=O)C4CCCO4)CC3)n2)cc1. The number of anilines is 1. The van der Waals surface area contributed by atoms with Gasteiger partial charge in [0, 0.05) is 43.8 Å². The third-order valence-electron chi connectivity index (χ3n) is 5.27. The molecule has 3 heterocycles. The van der Waals surface area contributed by atoms with Crippen molar-refractivity contribution in [3.63, 3.8) is 0 Å². The maximum Gasteiger partial charge on any atom is 0.251 e. The molecule has 1 aromatic carbocycles. The molecular formula is C20H24N4O4. The molecular weight excluding hydrogens is 360 g/mol. The van der Waals surface area contributed by atoms with Crippen LogP contribution in [0.3, 0.4) is 0 Å². The Balaban J connectivity index is 1.36. The lowest BCUT2D eigenvalue weighted by molar-refractivity contribution is -0.142. The molecule has 2 saturated heterocycles. The quantitative estimate of drug-likeness (QED) is 0.870. The van der Waals surface area contributed by atoms with Crippen LogP contribution in [0.5, 0.6) is 0 Å². The fourth-order valence-electron chi connectivity index (χ4n) is 3.75. The Morgan fingerprint density at radius 1 is 1.14 bits per heavy atom. The highest BCUT2D eigenvalue weighted by atomic mass is 16.5. The van der Waals surface area contributed by atoms with Gasteiger partial charge in [0.05, 0.1) is 0 Å². The monoisotopic (exact) mass is 384 g/mol. The Labute approximate surface area is 163 Å². The Kier molecular flexibility index (Phi) is 5.38. The average molecular weight is 384 g/mol.